The van der Waals surface area contributed by atoms with Gasteiger partial charge in [0.15, 0.2) is 10.8 Å². The van der Waals surface area contributed by atoms with E-state index in [-0.39, 0.29) is 17.9 Å². The van der Waals surface area contributed by atoms with Crippen LogP contribution in [0.5, 0.6) is 0 Å². The van der Waals surface area contributed by atoms with Gasteiger partial charge in [-0.2, -0.15) is 0 Å². The van der Waals surface area contributed by atoms with Crippen LogP contribution in [0.3, 0.4) is 0 Å². The number of aryl methyl sites for hydroxylation is 1. The summed E-state index contributed by atoms with van der Waals surface area (Å²) in [5.41, 5.74) is 1.22. The van der Waals surface area contributed by atoms with E-state index in [4.69, 9.17) is 4.42 Å². The van der Waals surface area contributed by atoms with Crippen LogP contribution >= 0.6 is 11.3 Å². The molecule has 1 saturated heterocycles. The summed E-state index contributed by atoms with van der Waals surface area (Å²) in [6, 6.07) is 13.2. The van der Waals surface area contributed by atoms with E-state index in [2.05, 4.69) is 11.9 Å². The molecule has 2 amide bonds. The first kappa shape index (κ1) is 21.3. The highest BCUT2D eigenvalue weighted by Gasteiger charge is 2.32. The molecule has 0 aliphatic carbocycles. The summed E-state index contributed by atoms with van der Waals surface area (Å²) in [7, 11) is 0. The van der Waals surface area contributed by atoms with Crippen molar-refractivity contribution in [2.45, 2.75) is 39.2 Å². The molecule has 1 aliphatic rings. The lowest BCUT2D eigenvalue weighted by Gasteiger charge is -2.38. The number of carbonyl (C=O) groups excluding carboxylic acids is 2. The molecule has 162 valence electrons. The third-order valence-corrected chi connectivity index (χ3v) is 6.66. The molecule has 3 aromatic rings. The van der Waals surface area contributed by atoms with Crippen LogP contribution in [0.2, 0.25) is 0 Å². The molecule has 0 N–H and O–H groups in total. The van der Waals surface area contributed by atoms with Crippen LogP contribution < -0.4 is 0 Å². The number of hydrogen-bond acceptors (Lipinski definition) is 5. The number of amides is 2. The molecule has 0 atom stereocenters. The third-order valence-electron chi connectivity index (χ3n) is 5.67. The summed E-state index contributed by atoms with van der Waals surface area (Å²) >= 11 is 1.48. The molecule has 0 bridgehead atoms. The van der Waals surface area contributed by atoms with Crippen molar-refractivity contribution in [2.75, 3.05) is 19.6 Å². The van der Waals surface area contributed by atoms with Gasteiger partial charge in [0.2, 0.25) is 0 Å². The van der Waals surface area contributed by atoms with Gasteiger partial charge < -0.3 is 14.2 Å². The summed E-state index contributed by atoms with van der Waals surface area (Å²) in [4.78, 5) is 35.5. The maximum Gasteiger partial charge on any atom is 0.273 e. The lowest BCUT2D eigenvalue weighted by atomic mass is 10.0. The molecule has 1 fully saturated rings. The second-order valence-corrected chi connectivity index (χ2v) is 8.99. The molecular weight excluding hydrogens is 410 g/mol. The average Bonchev–Trinajstić information content (AvgIpc) is 3.47. The topological polar surface area (TPSA) is 66.7 Å². The smallest absolute Gasteiger partial charge is 0.273 e. The first-order valence-electron chi connectivity index (χ1n) is 10.7. The normalized spacial score (nSPS) is 14.6. The molecule has 2 aromatic heterocycles. The number of nitrogens with zero attached hydrogens (tertiary/aromatic N) is 3. The number of thiazole rings is 1. The van der Waals surface area contributed by atoms with E-state index in [1.807, 2.05) is 59.2 Å². The van der Waals surface area contributed by atoms with Crippen LogP contribution in [0, 0.1) is 6.92 Å². The Labute approximate surface area is 186 Å². The van der Waals surface area contributed by atoms with Crippen molar-refractivity contribution >= 4 is 23.2 Å². The molecule has 0 unspecified atom stereocenters. The minimum atomic E-state index is -0.0266. The zero-order valence-electron chi connectivity index (χ0n) is 17.9. The summed E-state index contributed by atoms with van der Waals surface area (Å²) < 4.78 is 5.45. The molecule has 0 spiro atoms. The monoisotopic (exact) mass is 437 g/mol. The van der Waals surface area contributed by atoms with Gasteiger partial charge in [-0.3, -0.25) is 9.59 Å². The lowest BCUT2D eigenvalue weighted by Crippen LogP contribution is -2.49. The van der Waals surface area contributed by atoms with Gasteiger partial charge in [-0.25, -0.2) is 4.98 Å². The highest BCUT2D eigenvalue weighted by Crippen LogP contribution is 2.30. The molecule has 3 heterocycles. The van der Waals surface area contributed by atoms with Crippen LogP contribution in [0.4, 0.5) is 0 Å². The van der Waals surface area contributed by atoms with Gasteiger partial charge in [-0.05, 0) is 50.5 Å². The zero-order valence-corrected chi connectivity index (χ0v) is 18.7. The Morgan fingerprint density at radius 1 is 1.16 bits per heavy atom. The predicted octanol–water partition coefficient (Wildman–Crippen LogP) is 4.87. The van der Waals surface area contributed by atoms with Crippen molar-refractivity contribution in [1.29, 1.82) is 0 Å². The van der Waals surface area contributed by atoms with Crippen LogP contribution in [0.15, 0.2) is 53.1 Å². The second-order valence-electron chi connectivity index (χ2n) is 7.79. The van der Waals surface area contributed by atoms with Crippen molar-refractivity contribution in [3.05, 3.63) is 64.9 Å². The fraction of sp³-hybridized carbons (Fsp3) is 0.375. The first-order chi connectivity index (χ1) is 15.1. The van der Waals surface area contributed by atoms with E-state index in [0.29, 0.717) is 36.7 Å². The summed E-state index contributed by atoms with van der Waals surface area (Å²) in [6.45, 7) is 6.00. The van der Waals surface area contributed by atoms with Crippen molar-refractivity contribution < 1.29 is 14.0 Å². The molecule has 0 saturated carbocycles. The van der Waals surface area contributed by atoms with Gasteiger partial charge in [0, 0.05) is 36.1 Å². The van der Waals surface area contributed by atoms with Crippen molar-refractivity contribution in [3.8, 4) is 10.8 Å². The molecule has 1 aromatic carbocycles. The number of likely N-dealkylation sites (tertiary alicyclic amines) is 1. The van der Waals surface area contributed by atoms with E-state index in [9.17, 15) is 9.59 Å². The molecule has 6 nitrogen and oxygen atoms in total. The average molecular weight is 438 g/mol. The first-order valence-corrected chi connectivity index (χ1v) is 11.6. The fourth-order valence-electron chi connectivity index (χ4n) is 4.07. The van der Waals surface area contributed by atoms with E-state index in [1.54, 1.807) is 6.26 Å². The Hall–Kier alpha value is -2.93. The Morgan fingerprint density at radius 3 is 2.55 bits per heavy atom. The van der Waals surface area contributed by atoms with Crippen molar-refractivity contribution in [3.63, 3.8) is 0 Å². The van der Waals surface area contributed by atoms with Gasteiger partial charge in [0.25, 0.3) is 11.8 Å². The summed E-state index contributed by atoms with van der Waals surface area (Å²) in [5, 5.41) is 0.727. The summed E-state index contributed by atoms with van der Waals surface area (Å²) in [6.07, 6.45) is 4.04. The zero-order chi connectivity index (χ0) is 21.8. The van der Waals surface area contributed by atoms with Crippen LogP contribution in [-0.4, -0.2) is 52.3 Å². The number of carbonyl (C=O) groups is 2. The number of benzene rings is 1. The lowest BCUT2D eigenvalue weighted by molar-refractivity contribution is 0.0515. The molecule has 0 radical (unpaired) electrons. The van der Waals surface area contributed by atoms with Crippen LogP contribution in [0.25, 0.3) is 10.8 Å². The third kappa shape index (κ3) is 4.56. The van der Waals surface area contributed by atoms with Gasteiger partial charge in [-0.15, -0.1) is 11.3 Å². The molecule has 1 aliphatic heterocycles. The molecular formula is C24H27N3O3S. The number of piperidine rings is 1. The van der Waals surface area contributed by atoms with Gasteiger partial charge in [0.1, 0.15) is 5.69 Å². The minimum absolute atomic E-state index is 0.0266. The Bertz CT molecular complexity index is 1020. The fourth-order valence-corrected chi connectivity index (χ4v) is 4.94. The van der Waals surface area contributed by atoms with Crippen molar-refractivity contribution in [2.24, 2.45) is 0 Å². The quantitative estimate of drug-likeness (QED) is 0.552. The number of furan rings is 1. The Morgan fingerprint density at radius 2 is 1.90 bits per heavy atom. The van der Waals surface area contributed by atoms with E-state index in [0.717, 1.165) is 29.1 Å². The second kappa shape index (κ2) is 9.47. The Balaban J connectivity index is 1.46. The van der Waals surface area contributed by atoms with Gasteiger partial charge >= 0.3 is 0 Å². The standard InChI is InChI=1S/C24H27N3O3S/c1-3-13-27(24(29)21-17(2)31-22(25-21)20-10-7-16-30-20)19-11-14-26(15-12-19)23(28)18-8-5-4-6-9-18/h4-10,16,19H,3,11-15H2,1-2H3. The molecule has 31 heavy (non-hydrogen) atoms. The van der Waals surface area contributed by atoms with E-state index in [1.165, 1.54) is 11.3 Å². The van der Waals surface area contributed by atoms with Crippen LogP contribution in [0.1, 0.15) is 51.9 Å². The molecule has 4 rings (SSSR count). The van der Waals surface area contributed by atoms with E-state index >= 15 is 0 Å². The number of rotatable bonds is 6. The van der Waals surface area contributed by atoms with E-state index < -0.39 is 0 Å². The van der Waals surface area contributed by atoms with Gasteiger partial charge in [-0.1, -0.05) is 25.1 Å². The summed E-state index contributed by atoms with van der Waals surface area (Å²) in [5.74, 6) is 0.717. The number of hydrogen-bond donors (Lipinski definition) is 0. The predicted molar refractivity (Wildman–Crippen MR) is 121 cm³/mol. The Kier molecular flexibility index (Phi) is 6.51. The van der Waals surface area contributed by atoms with Crippen molar-refractivity contribution in [1.82, 2.24) is 14.8 Å². The maximum absolute atomic E-state index is 13.4. The maximum atomic E-state index is 13.4. The molecule has 7 heteroatoms. The highest BCUT2D eigenvalue weighted by atomic mass is 32.1. The number of aromatic nitrogens is 1. The van der Waals surface area contributed by atoms with Crippen LogP contribution in [-0.2, 0) is 0 Å². The minimum Gasteiger partial charge on any atom is -0.462 e. The largest absolute Gasteiger partial charge is 0.462 e. The highest BCUT2D eigenvalue weighted by molar-refractivity contribution is 7.15. The SMILES string of the molecule is CCCN(C(=O)c1nc(-c2ccco2)sc1C)C1CCN(C(=O)c2ccccc2)CC1. The van der Waals surface area contributed by atoms with Gasteiger partial charge in [0.05, 0.1) is 6.26 Å².